The van der Waals surface area contributed by atoms with Crippen LogP contribution in [0.4, 0.5) is 0 Å². The van der Waals surface area contributed by atoms with Crippen LogP contribution < -0.4 is 5.43 Å². The number of pyridine rings is 1. The van der Waals surface area contributed by atoms with Gasteiger partial charge in [0, 0.05) is 5.56 Å². The topological polar surface area (TPSA) is 115 Å². The second kappa shape index (κ2) is 7.47. The van der Waals surface area contributed by atoms with Gasteiger partial charge >= 0.3 is 5.97 Å². The third-order valence-electron chi connectivity index (χ3n) is 2.82. The fraction of sp³-hybridized carbons (Fsp3) is 0.0625. The van der Waals surface area contributed by atoms with Crippen molar-refractivity contribution in [2.24, 2.45) is 5.10 Å². The van der Waals surface area contributed by atoms with E-state index in [0.29, 0.717) is 11.4 Å². The van der Waals surface area contributed by atoms with E-state index in [-0.39, 0.29) is 12.0 Å². The summed E-state index contributed by atoms with van der Waals surface area (Å²) in [6.45, 7) is 0. The van der Waals surface area contributed by atoms with Crippen LogP contribution in [0.3, 0.4) is 0 Å². The molecule has 0 saturated carbocycles. The highest BCUT2D eigenvalue weighted by Gasteiger charge is 2.04. The van der Waals surface area contributed by atoms with E-state index in [9.17, 15) is 9.59 Å². The summed E-state index contributed by atoms with van der Waals surface area (Å²) in [7, 11) is 0. The zero-order chi connectivity index (χ0) is 16.7. The molecule has 0 aliphatic rings. The molecule has 0 radical (unpaired) electrons. The van der Waals surface area contributed by atoms with E-state index in [1.165, 1.54) is 18.3 Å². The quantitative estimate of drug-likeness (QED) is 0.645. The second-order valence-corrected chi connectivity index (χ2v) is 4.46. The standard InChI is InChI=1S/C16H12N4O3/c17-9-8-15(21)20-18-10-13-2-1-3-14(19-13)11-4-6-12(7-5-11)16(22)23/h1-7,10H,8H2,(H,20,21)(H,22,23)/b18-10+. The molecule has 23 heavy (non-hydrogen) atoms. The van der Waals surface area contributed by atoms with E-state index >= 15 is 0 Å². The van der Waals surface area contributed by atoms with E-state index in [0.717, 1.165) is 5.56 Å². The van der Waals surface area contributed by atoms with Crippen molar-refractivity contribution in [3.8, 4) is 17.3 Å². The lowest BCUT2D eigenvalue weighted by atomic mass is 10.1. The number of nitrogens with zero attached hydrogens (tertiary/aromatic N) is 3. The van der Waals surface area contributed by atoms with Gasteiger partial charge in [-0.2, -0.15) is 10.4 Å². The normalized spacial score (nSPS) is 10.2. The molecule has 1 amide bonds. The number of nitrogens with one attached hydrogen (secondary N) is 1. The van der Waals surface area contributed by atoms with Crippen molar-refractivity contribution in [1.29, 1.82) is 5.26 Å². The van der Waals surface area contributed by atoms with Crippen molar-refractivity contribution in [2.45, 2.75) is 6.42 Å². The Balaban J connectivity index is 2.13. The molecule has 0 atom stereocenters. The summed E-state index contributed by atoms with van der Waals surface area (Å²) in [5, 5.41) is 21.0. The average Bonchev–Trinajstić information content (AvgIpc) is 2.55. The molecule has 0 aliphatic carbocycles. The van der Waals surface area contributed by atoms with E-state index in [4.69, 9.17) is 10.4 Å². The number of carbonyl (C=O) groups excluding carboxylic acids is 1. The van der Waals surface area contributed by atoms with E-state index in [2.05, 4.69) is 15.5 Å². The molecule has 114 valence electrons. The van der Waals surface area contributed by atoms with Gasteiger partial charge in [-0.1, -0.05) is 18.2 Å². The molecule has 7 nitrogen and oxygen atoms in total. The molecular weight excluding hydrogens is 296 g/mol. The Labute approximate surface area is 131 Å². The van der Waals surface area contributed by atoms with Crippen LogP contribution in [0.15, 0.2) is 47.6 Å². The molecule has 2 N–H and O–H groups in total. The first-order chi connectivity index (χ1) is 11.1. The van der Waals surface area contributed by atoms with Gasteiger partial charge in [0.15, 0.2) is 0 Å². The minimum atomic E-state index is -0.987. The Hall–Kier alpha value is -3.53. The molecule has 2 rings (SSSR count). The lowest BCUT2D eigenvalue weighted by Gasteiger charge is -2.03. The predicted octanol–water partition coefficient (Wildman–Crippen LogP) is 1.81. The largest absolute Gasteiger partial charge is 0.478 e. The molecule has 1 aromatic heterocycles. The number of nitriles is 1. The van der Waals surface area contributed by atoms with Crippen LogP contribution >= 0.6 is 0 Å². The summed E-state index contributed by atoms with van der Waals surface area (Å²) < 4.78 is 0. The molecular formula is C16H12N4O3. The van der Waals surface area contributed by atoms with Crippen LogP contribution in [0.25, 0.3) is 11.3 Å². The fourth-order valence-electron chi connectivity index (χ4n) is 1.75. The second-order valence-electron chi connectivity index (χ2n) is 4.46. The Bertz CT molecular complexity index is 792. The van der Waals surface area contributed by atoms with Crippen molar-refractivity contribution in [2.75, 3.05) is 0 Å². The maximum absolute atomic E-state index is 11.1. The van der Waals surface area contributed by atoms with Crippen LogP contribution in [-0.2, 0) is 4.79 Å². The van der Waals surface area contributed by atoms with Gasteiger partial charge in [-0.15, -0.1) is 0 Å². The zero-order valence-electron chi connectivity index (χ0n) is 11.9. The number of aromatic carboxylic acids is 1. The summed E-state index contributed by atoms with van der Waals surface area (Å²) >= 11 is 0. The lowest BCUT2D eigenvalue weighted by molar-refractivity contribution is -0.120. The Morgan fingerprint density at radius 2 is 2.00 bits per heavy atom. The summed E-state index contributed by atoms with van der Waals surface area (Å²) in [6, 6.07) is 13.3. The maximum Gasteiger partial charge on any atom is 0.335 e. The first kappa shape index (κ1) is 15.9. The van der Waals surface area contributed by atoms with Crippen molar-refractivity contribution in [3.63, 3.8) is 0 Å². The number of benzene rings is 1. The summed E-state index contributed by atoms with van der Waals surface area (Å²) in [5.74, 6) is -1.48. The molecule has 0 unspecified atom stereocenters. The van der Waals surface area contributed by atoms with Crippen LogP contribution in [0, 0.1) is 11.3 Å². The first-order valence-electron chi connectivity index (χ1n) is 6.60. The Morgan fingerprint density at radius 3 is 2.65 bits per heavy atom. The van der Waals surface area contributed by atoms with Gasteiger partial charge in [0.25, 0.3) is 5.91 Å². The van der Waals surface area contributed by atoms with Crippen molar-refractivity contribution in [3.05, 3.63) is 53.7 Å². The van der Waals surface area contributed by atoms with Crippen LogP contribution in [0.1, 0.15) is 22.5 Å². The first-order valence-corrected chi connectivity index (χ1v) is 6.60. The minimum absolute atomic E-state index is 0.201. The van der Waals surface area contributed by atoms with Gasteiger partial charge in [-0.3, -0.25) is 4.79 Å². The molecule has 1 aromatic carbocycles. The third kappa shape index (κ3) is 4.47. The number of hydrogen-bond acceptors (Lipinski definition) is 5. The van der Waals surface area contributed by atoms with E-state index in [1.807, 2.05) is 0 Å². The van der Waals surface area contributed by atoms with Gasteiger partial charge in [0.2, 0.25) is 0 Å². The van der Waals surface area contributed by atoms with Crippen molar-refractivity contribution >= 4 is 18.1 Å². The van der Waals surface area contributed by atoms with Gasteiger partial charge in [0.05, 0.1) is 29.2 Å². The highest BCUT2D eigenvalue weighted by Crippen LogP contribution is 2.17. The van der Waals surface area contributed by atoms with Gasteiger partial charge in [-0.05, 0) is 24.3 Å². The summed E-state index contributed by atoms with van der Waals surface area (Å²) in [5.41, 5.74) is 4.34. The summed E-state index contributed by atoms with van der Waals surface area (Å²) in [6.07, 6.45) is 1.10. The van der Waals surface area contributed by atoms with E-state index in [1.54, 1.807) is 36.4 Å². The van der Waals surface area contributed by atoms with Gasteiger partial charge in [0.1, 0.15) is 6.42 Å². The number of hydrogen-bond donors (Lipinski definition) is 2. The van der Waals surface area contributed by atoms with Crippen molar-refractivity contribution < 1.29 is 14.7 Å². The van der Waals surface area contributed by atoms with Gasteiger partial charge in [-0.25, -0.2) is 15.2 Å². The zero-order valence-corrected chi connectivity index (χ0v) is 11.9. The van der Waals surface area contributed by atoms with Crippen LogP contribution in [-0.4, -0.2) is 28.2 Å². The number of carboxylic acids is 1. The monoisotopic (exact) mass is 308 g/mol. The van der Waals surface area contributed by atoms with Crippen LogP contribution in [0.5, 0.6) is 0 Å². The van der Waals surface area contributed by atoms with Gasteiger partial charge < -0.3 is 5.11 Å². The summed E-state index contributed by atoms with van der Waals surface area (Å²) in [4.78, 5) is 26.3. The number of hydrazone groups is 1. The number of amides is 1. The number of aromatic nitrogens is 1. The average molecular weight is 308 g/mol. The Morgan fingerprint density at radius 1 is 1.26 bits per heavy atom. The third-order valence-corrected chi connectivity index (χ3v) is 2.82. The van der Waals surface area contributed by atoms with Crippen LogP contribution in [0.2, 0.25) is 0 Å². The molecule has 7 heteroatoms. The molecule has 0 spiro atoms. The maximum atomic E-state index is 11.1. The molecule has 0 fully saturated rings. The Kier molecular flexibility index (Phi) is 5.15. The molecule has 0 bridgehead atoms. The molecule has 2 aromatic rings. The molecule has 0 saturated heterocycles. The SMILES string of the molecule is N#CCC(=O)N/N=C/c1cccc(-c2ccc(C(=O)O)cc2)n1. The highest BCUT2D eigenvalue weighted by molar-refractivity contribution is 5.88. The smallest absolute Gasteiger partial charge is 0.335 e. The van der Waals surface area contributed by atoms with E-state index < -0.39 is 11.9 Å². The number of carbonyl (C=O) groups is 2. The molecule has 1 heterocycles. The highest BCUT2D eigenvalue weighted by atomic mass is 16.4. The predicted molar refractivity (Wildman–Crippen MR) is 82.6 cm³/mol. The fourth-order valence-corrected chi connectivity index (χ4v) is 1.75. The number of rotatable bonds is 5. The lowest BCUT2D eigenvalue weighted by Crippen LogP contribution is -2.16. The molecule has 0 aliphatic heterocycles. The number of carboxylic acid groups (broad SMARTS) is 1. The van der Waals surface area contributed by atoms with Crippen molar-refractivity contribution in [1.82, 2.24) is 10.4 Å². The minimum Gasteiger partial charge on any atom is -0.478 e.